The van der Waals surface area contributed by atoms with Crippen molar-refractivity contribution < 1.29 is 33.6 Å². The number of aliphatic hydroxyl groups excluding tert-OH is 1. The summed E-state index contributed by atoms with van der Waals surface area (Å²) in [6.07, 6.45) is 1.36. The van der Waals surface area contributed by atoms with Gasteiger partial charge in [-0.25, -0.2) is 14.2 Å². The predicted octanol–water partition coefficient (Wildman–Crippen LogP) is 4.35. The number of methoxy groups -OCH3 is 3. The number of carbonyl (C=O) groups is 1. The van der Waals surface area contributed by atoms with Gasteiger partial charge in [-0.2, -0.15) is 0 Å². The highest BCUT2D eigenvalue weighted by Crippen LogP contribution is 2.42. The maximum absolute atomic E-state index is 13.6. The van der Waals surface area contributed by atoms with Gasteiger partial charge in [0.2, 0.25) is 0 Å². The molecule has 2 aromatic carbocycles. The molecule has 3 rings (SSSR count). The van der Waals surface area contributed by atoms with Crippen LogP contribution in [0.4, 0.5) is 10.1 Å². The maximum atomic E-state index is 13.6. The first-order valence-electron chi connectivity index (χ1n) is 8.59. The Hall–Kier alpha value is -3.46. The molecular formula is C21H18FNO6S. The molecule has 0 radical (unpaired) electrons. The van der Waals surface area contributed by atoms with E-state index in [0.717, 1.165) is 17.8 Å². The molecule has 0 amide bonds. The molecule has 0 spiro atoms. The number of phenolic OH excluding ortho intramolecular Hbond substituents is 1. The van der Waals surface area contributed by atoms with E-state index >= 15 is 0 Å². The SMILES string of the molecule is COC(=O)C1=C(O)/C(=C\c2cccc(F)c2O)SC1=Nc1ccc(OC)c(OC)c1. The van der Waals surface area contributed by atoms with Gasteiger partial charge < -0.3 is 24.4 Å². The van der Waals surface area contributed by atoms with Crippen molar-refractivity contribution in [1.29, 1.82) is 0 Å². The number of para-hydroxylation sites is 1. The van der Waals surface area contributed by atoms with Crippen molar-refractivity contribution in [3.63, 3.8) is 0 Å². The average molecular weight is 431 g/mol. The zero-order valence-electron chi connectivity index (χ0n) is 16.3. The number of aliphatic imine (C=N–C) groups is 1. The lowest BCUT2D eigenvalue weighted by Gasteiger charge is -2.08. The second kappa shape index (κ2) is 8.91. The number of aliphatic hydroxyl groups is 1. The van der Waals surface area contributed by atoms with E-state index in [-0.39, 0.29) is 26.8 Å². The first-order valence-corrected chi connectivity index (χ1v) is 9.41. The normalized spacial score (nSPS) is 16.3. The highest BCUT2D eigenvalue weighted by Gasteiger charge is 2.33. The van der Waals surface area contributed by atoms with Crippen LogP contribution in [0.3, 0.4) is 0 Å². The Balaban J connectivity index is 2.08. The Morgan fingerprint density at radius 1 is 1.10 bits per heavy atom. The summed E-state index contributed by atoms with van der Waals surface area (Å²) in [6, 6.07) is 8.92. The average Bonchev–Trinajstić information content (AvgIpc) is 3.05. The van der Waals surface area contributed by atoms with Gasteiger partial charge in [0.05, 0.1) is 31.9 Å². The van der Waals surface area contributed by atoms with Gasteiger partial charge in [0, 0.05) is 11.6 Å². The molecule has 30 heavy (non-hydrogen) atoms. The van der Waals surface area contributed by atoms with Crippen LogP contribution in [0, 0.1) is 5.82 Å². The van der Waals surface area contributed by atoms with E-state index in [1.54, 1.807) is 18.2 Å². The first-order chi connectivity index (χ1) is 14.4. The van der Waals surface area contributed by atoms with Crippen LogP contribution in [0.25, 0.3) is 6.08 Å². The summed E-state index contributed by atoms with van der Waals surface area (Å²) in [7, 11) is 4.17. The summed E-state index contributed by atoms with van der Waals surface area (Å²) in [6.45, 7) is 0. The van der Waals surface area contributed by atoms with E-state index in [0.29, 0.717) is 17.2 Å². The Morgan fingerprint density at radius 2 is 1.83 bits per heavy atom. The van der Waals surface area contributed by atoms with Crippen LogP contribution in [-0.4, -0.2) is 42.6 Å². The minimum atomic E-state index is -0.803. The minimum Gasteiger partial charge on any atom is -0.506 e. The minimum absolute atomic E-state index is 0.139. The molecule has 0 saturated carbocycles. The molecule has 1 heterocycles. The van der Waals surface area contributed by atoms with Crippen molar-refractivity contribution in [1.82, 2.24) is 0 Å². The lowest BCUT2D eigenvalue weighted by molar-refractivity contribution is -0.135. The number of phenols is 1. The molecule has 0 bridgehead atoms. The fourth-order valence-corrected chi connectivity index (χ4v) is 3.72. The number of nitrogens with zero attached hydrogens (tertiary/aromatic N) is 1. The molecule has 0 fully saturated rings. The number of thioether (sulfide) groups is 1. The van der Waals surface area contributed by atoms with E-state index in [1.165, 1.54) is 39.5 Å². The molecule has 1 aliphatic heterocycles. The summed E-state index contributed by atoms with van der Waals surface area (Å²) in [4.78, 5) is 16.9. The van der Waals surface area contributed by atoms with E-state index in [9.17, 15) is 19.4 Å². The topological polar surface area (TPSA) is 97.6 Å². The van der Waals surface area contributed by atoms with Crippen LogP contribution in [0.5, 0.6) is 17.2 Å². The first kappa shape index (κ1) is 21.3. The molecule has 0 atom stereocenters. The van der Waals surface area contributed by atoms with Crippen molar-refractivity contribution in [2.45, 2.75) is 0 Å². The van der Waals surface area contributed by atoms with Crippen LogP contribution in [0.1, 0.15) is 5.56 Å². The summed E-state index contributed by atoms with van der Waals surface area (Å²) >= 11 is 0.979. The van der Waals surface area contributed by atoms with Gasteiger partial charge in [-0.15, -0.1) is 0 Å². The Bertz CT molecular complexity index is 1090. The summed E-state index contributed by atoms with van der Waals surface area (Å²) in [5, 5.41) is 20.7. The van der Waals surface area contributed by atoms with E-state index in [4.69, 9.17) is 14.2 Å². The fraction of sp³-hybridized carbons (Fsp3) is 0.143. The van der Waals surface area contributed by atoms with Crippen molar-refractivity contribution in [3.8, 4) is 17.2 Å². The van der Waals surface area contributed by atoms with Crippen molar-refractivity contribution in [2.24, 2.45) is 4.99 Å². The second-order valence-electron chi connectivity index (χ2n) is 5.96. The predicted molar refractivity (Wildman–Crippen MR) is 112 cm³/mol. The van der Waals surface area contributed by atoms with Crippen LogP contribution in [0.15, 0.2) is 57.6 Å². The second-order valence-corrected chi connectivity index (χ2v) is 6.99. The Morgan fingerprint density at radius 3 is 2.50 bits per heavy atom. The smallest absolute Gasteiger partial charge is 0.344 e. The van der Waals surface area contributed by atoms with E-state index in [1.807, 2.05) is 0 Å². The third-order valence-corrected chi connectivity index (χ3v) is 5.20. The number of hydrogen-bond acceptors (Lipinski definition) is 8. The third kappa shape index (κ3) is 4.11. The summed E-state index contributed by atoms with van der Waals surface area (Å²) in [5.74, 6) is -1.59. The number of carbonyl (C=O) groups excluding carboxylic acids is 1. The van der Waals surface area contributed by atoms with Gasteiger partial charge in [0.15, 0.2) is 23.1 Å². The van der Waals surface area contributed by atoms with Crippen molar-refractivity contribution in [3.05, 3.63) is 64.0 Å². The molecule has 156 valence electrons. The quantitative estimate of drug-likeness (QED) is 0.679. The zero-order valence-corrected chi connectivity index (χ0v) is 17.1. The number of esters is 1. The molecule has 0 saturated heterocycles. The summed E-state index contributed by atoms with van der Waals surface area (Å²) in [5.41, 5.74) is 0.444. The van der Waals surface area contributed by atoms with Gasteiger partial charge in [0.25, 0.3) is 0 Å². The van der Waals surface area contributed by atoms with Crippen LogP contribution >= 0.6 is 11.8 Å². The largest absolute Gasteiger partial charge is 0.506 e. The van der Waals surface area contributed by atoms with Gasteiger partial charge in [0.1, 0.15) is 16.4 Å². The Labute approximate surface area is 176 Å². The van der Waals surface area contributed by atoms with Gasteiger partial charge in [-0.1, -0.05) is 23.9 Å². The zero-order chi connectivity index (χ0) is 21.8. The molecule has 7 nitrogen and oxygen atoms in total. The molecule has 9 heteroatoms. The molecule has 0 unspecified atom stereocenters. The Kier molecular flexibility index (Phi) is 6.31. The summed E-state index contributed by atoms with van der Waals surface area (Å²) < 4.78 is 28.8. The number of aromatic hydroxyl groups is 1. The molecule has 0 aliphatic carbocycles. The number of rotatable bonds is 5. The van der Waals surface area contributed by atoms with Gasteiger partial charge in [-0.3, -0.25) is 0 Å². The standard InChI is InChI=1S/C21H18FNO6S/c1-27-14-8-7-12(10-15(14)28-2)23-20-17(21(26)29-3)19(25)16(30-20)9-11-5-4-6-13(22)18(11)24/h4-10,24-25H,1-3H3/b16-9+,23-20?. The van der Waals surface area contributed by atoms with E-state index < -0.39 is 17.5 Å². The monoisotopic (exact) mass is 431 g/mol. The van der Waals surface area contributed by atoms with E-state index in [2.05, 4.69) is 4.99 Å². The highest BCUT2D eigenvalue weighted by molar-refractivity contribution is 8.18. The number of benzene rings is 2. The highest BCUT2D eigenvalue weighted by atomic mass is 32.2. The lowest BCUT2D eigenvalue weighted by atomic mass is 10.1. The molecule has 1 aliphatic rings. The molecule has 0 aromatic heterocycles. The lowest BCUT2D eigenvalue weighted by Crippen LogP contribution is -2.10. The fourth-order valence-electron chi connectivity index (χ4n) is 2.69. The van der Waals surface area contributed by atoms with Crippen molar-refractivity contribution >= 4 is 34.5 Å². The number of hydrogen-bond donors (Lipinski definition) is 2. The third-order valence-electron chi connectivity index (χ3n) is 4.18. The number of ether oxygens (including phenoxy) is 3. The van der Waals surface area contributed by atoms with Gasteiger partial charge in [-0.05, 0) is 24.3 Å². The molecule has 2 aromatic rings. The van der Waals surface area contributed by atoms with Crippen LogP contribution < -0.4 is 9.47 Å². The molecular weight excluding hydrogens is 413 g/mol. The maximum Gasteiger partial charge on any atom is 0.344 e. The number of halogens is 1. The molecule has 2 N–H and O–H groups in total. The van der Waals surface area contributed by atoms with Crippen LogP contribution in [-0.2, 0) is 9.53 Å². The van der Waals surface area contributed by atoms with Crippen molar-refractivity contribution in [2.75, 3.05) is 21.3 Å². The van der Waals surface area contributed by atoms with Gasteiger partial charge >= 0.3 is 5.97 Å². The van der Waals surface area contributed by atoms with Crippen LogP contribution in [0.2, 0.25) is 0 Å².